The molecule has 0 aromatic heterocycles. The summed E-state index contributed by atoms with van der Waals surface area (Å²) < 4.78 is 11.1. The monoisotopic (exact) mass is 336 g/mol. The summed E-state index contributed by atoms with van der Waals surface area (Å²) >= 11 is 0. The van der Waals surface area contributed by atoms with Crippen LogP contribution in [-0.2, 0) is 11.2 Å². The first-order valence-electron chi connectivity index (χ1n) is 8.08. The summed E-state index contributed by atoms with van der Waals surface area (Å²) in [5, 5.41) is 11.7. The second-order valence-corrected chi connectivity index (χ2v) is 5.97. The summed E-state index contributed by atoms with van der Waals surface area (Å²) in [5.41, 5.74) is 1.86. The van der Waals surface area contributed by atoms with Crippen LogP contribution < -0.4 is 9.47 Å². The van der Waals surface area contributed by atoms with Crippen molar-refractivity contribution in [2.75, 3.05) is 7.11 Å². The van der Waals surface area contributed by atoms with Gasteiger partial charge in [-0.15, -0.1) is 0 Å². The molecule has 0 saturated carbocycles. The lowest BCUT2D eigenvalue weighted by molar-refractivity contribution is -0.145. The summed E-state index contributed by atoms with van der Waals surface area (Å²) in [6.45, 7) is 1.96. The number of fused-ring (bicyclic) bond motifs is 1. The summed E-state index contributed by atoms with van der Waals surface area (Å²) in [5.74, 6) is 0.202. The first-order valence-corrected chi connectivity index (χ1v) is 8.08. The Balaban J connectivity index is 1.86. The molecule has 25 heavy (non-hydrogen) atoms. The van der Waals surface area contributed by atoms with Crippen molar-refractivity contribution in [1.29, 1.82) is 0 Å². The number of benzene rings is 3. The topological polar surface area (TPSA) is 55.8 Å². The number of carbonyl (C=O) groups is 1. The molecule has 4 heteroatoms. The summed E-state index contributed by atoms with van der Waals surface area (Å²) in [6.07, 6.45) is -0.760. The molecule has 0 fully saturated rings. The number of carboxylic acid groups (broad SMARTS) is 1. The highest BCUT2D eigenvalue weighted by Gasteiger charge is 2.22. The van der Waals surface area contributed by atoms with E-state index in [1.54, 1.807) is 13.2 Å². The van der Waals surface area contributed by atoms with Gasteiger partial charge in [-0.25, -0.2) is 4.79 Å². The highest BCUT2D eigenvalue weighted by molar-refractivity contribution is 5.84. The molecule has 0 spiro atoms. The Morgan fingerprint density at radius 2 is 1.80 bits per heavy atom. The van der Waals surface area contributed by atoms with Crippen LogP contribution in [0.5, 0.6) is 11.5 Å². The average Bonchev–Trinajstić information content (AvgIpc) is 2.61. The first kappa shape index (κ1) is 16.8. The van der Waals surface area contributed by atoms with Gasteiger partial charge in [0.25, 0.3) is 0 Å². The molecule has 1 atom stereocenters. The van der Waals surface area contributed by atoms with Gasteiger partial charge in [0.15, 0.2) is 6.10 Å². The molecule has 3 aromatic carbocycles. The van der Waals surface area contributed by atoms with Crippen LogP contribution >= 0.6 is 0 Å². The second kappa shape index (κ2) is 7.26. The maximum absolute atomic E-state index is 11.7. The largest absolute Gasteiger partial charge is 0.496 e. The maximum Gasteiger partial charge on any atom is 0.345 e. The van der Waals surface area contributed by atoms with E-state index in [0.29, 0.717) is 11.5 Å². The lowest BCUT2D eigenvalue weighted by atomic mass is 10.0. The number of methoxy groups -OCH3 is 1. The summed E-state index contributed by atoms with van der Waals surface area (Å²) in [4.78, 5) is 11.7. The van der Waals surface area contributed by atoms with Gasteiger partial charge in [-0.05, 0) is 41.5 Å². The Kier molecular flexibility index (Phi) is 4.89. The van der Waals surface area contributed by atoms with E-state index in [2.05, 4.69) is 0 Å². The van der Waals surface area contributed by atoms with Crippen molar-refractivity contribution in [3.05, 3.63) is 71.8 Å². The Morgan fingerprint density at radius 1 is 1.04 bits per heavy atom. The van der Waals surface area contributed by atoms with Gasteiger partial charge in [0.2, 0.25) is 0 Å². The van der Waals surface area contributed by atoms with Gasteiger partial charge >= 0.3 is 5.97 Å². The predicted molar refractivity (Wildman–Crippen MR) is 97.4 cm³/mol. The van der Waals surface area contributed by atoms with Crippen molar-refractivity contribution in [3.63, 3.8) is 0 Å². The Labute approximate surface area is 146 Å². The average molecular weight is 336 g/mol. The van der Waals surface area contributed by atoms with Crippen molar-refractivity contribution in [1.82, 2.24) is 0 Å². The standard InChI is InChI=1S/C21H20O4/c1-14-7-10-19(24-2)17(11-14)13-20(21(22)23)25-18-9-8-15-5-3-4-6-16(15)12-18/h3-12,20H,13H2,1-2H3,(H,22,23)/t20-/m0/s1. The van der Waals surface area contributed by atoms with E-state index in [1.807, 2.05) is 61.5 Å². The van der Waals surface area contributed by atoms with Crippen LogP contribution in [0.4, 0.5) is 0 Å². The lowest BCUT2D eigenvalue weighted by Gasteiger charge is -2.17. The van der Waals surface area contributed by atoms with Crippen molar-refractivity contribution >= 4 is 16.7 Å². The number of aliphatic carboxylic acids is 1. The summed E-state index contributed by atoms with van der Waals surface area (Å²) in [6, 6.07) is 19.2. The number of hydrogen-bond acceptors (Lipinski definition) is 3. The third-order valence-corrected chi connectivity index (χ3v) is 4.12. The molecule has 0 radical (unpaired) electrons. The molecule has 0 aliphatic rings. The van der Waals surface area contributed by atoms with Gasteiger partial charge in [0, 0.05) is 6.42 Å². The van der Waals surface area contributed by atoms with Crippen LogP contribution in [0.3, 0.4) is 0 Å². The molecule has 0 saturated heterocycles. The summed E-state index contributed by atoms with van der Waals surface area (Å²) in [7, 11) is 1.58. The highest BCUT2D eigenvalue weighted by atomic mass is 16.5. The molecular formula is C21H20O4. The highest BCUT2D eigenvalue weighted by Crippen LogP contribution is 2.25. The minimum absolute atomic E-state index is 0.229. The molecule has 3 rings (SSSR count). The molecule has 0 heterocycles. The van der Waals surface area contributed by atoms with E-state index in [4.69, 9.17) is 9.47 Å². The van der Waals surface area contributed by atoms with Crippen molar-refractivity contribution in [2.24, 2.45) is 0 Å². The van der Waals surface area contributed by atoms with Crippen LogP contribution in [0.1, 0.15) is 11.1 Å². The fourth-order valence-electron chi connectivity index (χ4n) is 2.85. The molecule has 0 amide bonds. The van der Waals surface area contributed by atoms with E-state index < -0.39 is 12.1 Å². The van der Waals surface area contributed by atoms with Crippen LogP contribution in [-0.4, -0.2) is 24.3 Å². The van der Waals surface area contributed by atoms with E-state index in [-0.39, 0.29) is 6.42 Å². The number of ether oxygens (including phenoxy) is 2. The van der Waals surface area contributed by atoms with Crippen LogP contribution in [0.25, 0.3) is 10.8 Å². The van der Waals surface area contributed by atoms with Crippen molar-refractivity contribution < 1.29 is 19.4 Å². The maximum atomic E-state index is 11.7. The van der Waals surface area contributed by atoms with Gasteiger partial charge in [-0.3, -0.25) is 0 Å². The smallest absolute Gasteiger partial charge is 0.345 e. The van der Waals surface area contributed by atoms with Crippen molar-refractivity contribution in [3.8, 4) is 11.5 Å². The van der Waals surface area contributed by atoms with Gasteiger partial charge in [0.05, 0.1) is 7.11 Å². The third-order valence-electron chi connectivity index (χ3n) is 4.12. The van der Waals surface area contributed by atoms with Crippen LogP contribution in [0.15, 0.2) is 60.7 Å². The van der Waals surface area contributed by atoms with Gasteiger partial charge < -0.3 is 14.6 Å². The van der Waals surface area contributed by atoms with Gasteiger partial charge in [-0.2, -0.15) is 0 Å². The lowest BCUT2D eigenvalue weighted by Crippen LogP contribution is -2.29. The normalized spacial score (nSPS) is 11.9. The number of aryl methyl sites for hydroxylation is 1. The van der Waals surface area contributed by atoms with Crippen molar-refractivity contribution in [2.45, 2.75) is 19.4 Å². The molecule has 0 bridgehead atoms. The molecular weight excluding hydrogens is 316 g/mol. The Bertz CT molecular complexity index is 901. The molecule has 0 unspecified atom stereocenters. The van der Waals surface area contributed by atoms with Crippen LogP contribution in [0.2, 0.25) is 0 Å². The molecule has 0 aliphatic heterocycles. The molecule has 4 nitrogen and oxygen atoms in total. The zero-order chi connectivity index (χ0) is 17.8. The van der Waals surface area contributed by atoms with E-state index in [1.165, 1.54) is 0 Å². The predicted octanol–water partition coefficient (Wildman–Crippen LogP) is 4.23. The van der Waals surface area contributed by atoms with Crippen LogP contribution in [0, 0.1) is 6.92 Å². The fourth-order valence-corrected chi connectivity index (χ4v) is 2.85. The second-order valence-electron chi connectivity index (χ2n) is 5.97. The Hall–Kier alpha value is -3.01. The molecule has 128 valence electrons. The first-order chi connectivity index (χ1) is 12.1. The number of rotatable bonds is 6. The molecule has 3 aromatic rings. The van der Waals surface area contributed by atoms with E-state index in [0.717, 1.165) is 21.9 Å². The zero-order valence-corrected chi connectivity index (χ0v) is 14.2. The number of hydrogen-bond donors (Lipinski definition) is 1. The minimum atomic E-state index is -1.00. The quantitative estimate of drug-likeness (QED) is 0.732. The number of carboxylic acids is 1. The third kappa shape index (κ3) is 3.91. The SMILES string of the molecule is COc1ccc(C)cc1C[C@H](Oc1ccc2ccccc2c1)C(=O)O. The van der Waals surface area contributed by atoms with E-state index >= 15 is 0 Å². The molecule has 0 aliphatic carbocycles. The fraction of sp³-hybridized carbons (Fsp3) is 0.190. The zero-order valence-electron chi connectivity index (χ0n) is 14.2. The van der Waals surface area contributed by atoms with Gasteiger partial charge in [-0.1, -0.05) is 48.0 Å². The molecule has 1 N–H and O–H groups in total. The van der Waals surface area contributed by atoms with Gasteiger partial charge in [0.1, 0.15) is 11.5 Å². The van der Waals surface area contributed by atoms with E-state index in [9.17, 15) is 9.90 Å². The minimum Gasteiger partial charge on any atom is -0.496 e. The Morgan fingerprint density at radius 3 is 2.52 bits per heavy atom.